The van der Waals surface area contributed by atoms with E-state index in [4.69, 9.17) is 0 Å². The lowest BCUT2D eigenvalue weighted by Crippen LogP contribution is -2.24. The molecule has 1 amide bonds. The van der Waals surface area contributed by atoms with Crippen molar-refractivity contribution in [3.8, 4) is 23.0 Å². The minimum absolute atomic E-state index is 0.199. The maximum atomic E-state index is 13.0. The fourth-order valence-corrected chi connectivity index (χ4v) is 3.63. The molecule has 192 valence electrons. The summed E-state index contributed by atoms with van der Waals surface area (Å²) in [5.41, 5.74) is 3.46. The molecule has 0 fully saturated rings. The second-order valence-electron chi connectivity index (χ2n) is 8.05. The standard InChI is InChI=1S/C28H28F3N5O/c1-4-6-7-11-23(35-27(37)15-20-9-8-10-22(14-20)28(29,30)31)16-24(5-2)36-19-21(17-34-36)25-18-33-13-12-26(25)32-3/h8-14,16-19H,5,7,15H2,1-3H3,(H,32,33)(H,35,37)/b23-11+,24-16+. The van der Waals surface area contributed by atoms with Crippen LogP contribution in [0.2, 0.25) is 0 Å². The molecule has 2 N–H and O–H groups in total. The highest BCUT2D eigenvalue weighted by atomic mass is 19.4. The third-order valence-corrected chi connectivity index (χ3v) is 5.47. The molecule has 0 unspecified atom stereocenters. The van der Waals surface area contributed by atoms with Crippen LogP contribution in [-0.4, -0.2) is 27.7 Å². The highest BCUT2D eigenvalue weighted by Gasteiger charge is 2.30. The van der Waals surface area contributed by atoms with Crippen molar-refractivity contribution in [1.82, 2.24) is 20.1 Å². The topological polar surface area (TPSA) is 71.8 Å². The number of hydrogen-bond acceptors (Lipinski definition) is 4. The van der Waals surface area contributed by atoms with Crippen molar-refractivity contribution in [1.29, 1.82) is 0 Å². The average Bonchev–Trinajstić information content (AvgIpc) is 3.36. The smallest absolute Gasteiger partial charge is 0.388 e. The van der Waals surface area contributed by atoms with E-state index in [1.807, 2.05) is 26.2 Å². The van der Waals surface area contributed by atoms with E-state index in [0.29, 0.717) is 18.5 Å². The van der Waals surface area contributed by atoms with Gasteiger partial charge in [-0.2, -0.15) is 18.3 Å². The molecule has 3 rings (SSSR count). The van der Waals surface area contributed by atoms with Gasteiger partial charge in [-0.25, -0.2) is 4.68 Å². The van der Waals surface area contributed by atoms with Gasteiger partial charge in [-0.05, 0) is 43.2 Å². The lowest BCUT2D eigenvalue weighted by molar-refractivity contribution is -0.137. The highest BCUT2D eigenvalue weighted by Crippen LogP contribution is 2.30. The third-order valence-electron chi connectivity index (χ3n) is 5.47. The van der Waals surface area contributed by atoms with Crippen molar-refractivity contribution in [3.63, 3.8) is 0 Å². The van der Waals surface area contributed by atoms with E-state index in [9.17, 15) is 18.0 Å². The summed E-state index contributed by atoms with van der Waals surface area (Å²) in [6, 6.07) is 6.64. The van der Waals surface area contributed by atoms with Gasteiger partial charge in [0.1, 0.15) is 0 Å². The Balaban J connectivity index is 1.85. The van der Waals surface area contributed by atoms with E-state index in [2.05, 4.69) is 32.6 Å². The number of carbonyl (C=O) groups excluding carboxylic acids is 1. The van der Waals surface area contributed by atoms with E-state index in [1.165, 1.54) is 12.1 Å². The molecule has 0 aliphatic heterocycles. The summed E-state index contributed by atoms with van der Waals surface area (Å²) < 4.78 is 40.8. The fourth-order valence-electron chi connectivity index (χ4n) is 3.63. The van der Waals surface area contributed by atoms with Crippen molar-refractivity contribution >= 4 is 17.3 Å². The second kappa shape index (κ2) is 12.6. The van der Waals surface area contributed by atoms with E-state index < -0.39 is 17.6 Å². The van der Waals surface area contributed by atoms with Crippen LogP contribution >= 0.6 is 0 Å². The number of allylic oxidation sites excluding steroid dienone is 3. The molecular formula is C28H28F3N5O. The Hall–Kier alpha value is -4.32. The lowest BCUT2D eigenvalue weighted by atomic mass is 10.1. The summed E-state index contributed by atoms with van der Waals surface area (Å²) in [6.45, 7) is 3.68. The van der Waals surface area contributed by atoms with Crippen molar-refractivity contribution in [3.05, 3.63) is 84.1 Å². The number of alkyl halides is 3. The van der Waals surface area contributed by atoms with Crippen LogP contribution < -0.4 is 10.6 Å². The molecule has 9 heteroatoms. The third kappa shape index (κ3) is 7.58. The van der Waals surface area contributed by atoms with Gasteiger partial charge in [0, 0.05) is 60.3 Å². The van der Waals surface area contributed by atoms with Gasteiger partial charge in [0.15, 0.2) is 0 Å². The Morgan fingerprint density at radius 3 is 2.73 bits per heavy atom. The zero-order valence-electron chi connectivity index (χ0n) is 20.9. The summed E-state index contributed by atoms with van der Waals surface area (Å²) in [5, 5.41) is 10.4. The van der Waals surface area contributed by atoms with E-state index in [-0.39, 0.29) is 12.0 Å². The van der Waals surface area contributed by atoms with Gasteiger partial charge in [-0.3, -0.25) is 9.78 Å². The molecule has 0 spiro atoms. The number of nitrogens with zero attached hydrogens (tertiary/aromatic N) is 3. The van der Waals surface area contributed by atoms with Crippen LogP contribution in [0.3, 0.4) is 0 Å². The zero-order chi connectivity index (χ0) is 26.8. The first kappa shape index (κ1) is 27.3. The van der Waals surface area contributed by atoms with Gasteiger partial charge in [-0.1, -0.05) is 31.0 Å². The lowest BCUT2D eigenvalue weighted by Gasteiger charge is -2.11. The number of halogens is 3. The maximum absolute atomic E-state index is 13.0. The number of benzene rings is 1. The van der Waals surface area contributed by atoms with Crippen LogP contribution in [0, 0.1) is 11.8 Å². The Bertz CT molecular complexity index is 1360. The Morgan fingerprint density at radius 1 is 1.22 bits per heavy atom. The summed E-state index contributed by atoms with van der Waals surface area (Å²) in [5.74, 6) is 5.30. The van der Waals surface area contributed by atoms with E-state index in [1.54, 1.807) is 42.3 Å². The first-order chi connectivity index (χ1) is 17.7. The molecule has 37 heavy (non-hydrogen) atoms. The number of aromatic nitrogens is 3. The normalized spacial score (nSPS) is 12.1. The summed E-state index contributed by atoms with van der Waals surface area (Å²) in [7, 11) is 1.83. The number of carbonyl (C=O) groups is 1. The molecule has 0 radical (unpaired) electrons. The molecule has 6 nitrogen and oxygen atoms in total. The van der Waals surface area contributed by atoms with Gasteiger partial charge >= 0.3 is 6.18 Å². The predicted molar refractivity (Wildman–Crippen MR) is 139 cm³/mol. The number of rotatable bonds is 9. The van der Waals surface area contributed by atoms with Gasteiger partial charge in [0.2, 0.25) is 5.91 Å². The van der Waals surface area contributed by atoms with Crippen LogP contribution in [0.25, 0.3) is 16.8 Å². The van der Waals surface area contributed by atoms with Crippen molar-refractivity contribution in [2.24, 2.45) is 0 Å². The number of anilines is 1. The molecular weight excluding hydrogens is 479 g/mol. The summed E-state index contributed by atoms with van der Waals surface area (Å²) >= 11 is 0. The predicted octanol–water partition coefficient (Wildman–Crippen LogP) is 5.91. The molecule has 0 saturated heterocycles. The van der Waals surface area contributed by atoms with Crippen molar-refractivity contribution < 1.29 is 18.0 Å². The summed E-state index contributed by atoms with van der Waals surface area (Å²) in [6.07, 6.45) is 6.96. The summed E-state index contributed by atoms with van der Waals surface area (Å²) in [4.78, 5) is 16.9. The van der Waals surface area contributed by atoms with Crippen LogP contribution in [0.15, 0.2) is 73.0 Å². The van der Waals surface area contributed by atoms with Crippen LogP contribution in [0.4, 0.5) is 18.9 Å². The first-order valence-corrected chi connectivity index (χ1v) is 11.7. The largest absolute Gasteiger partial charge is 0.416 e. The van der Waals surface area contributed by atoms with Gasteiger partial charge in [-0.15, -0.1) is 5.92 Å². The van der Waals surface area contributed by atoms with Crippen LogP contribution in [-0.2, 0) is 17.4 Å². The Labute approximate surface area is 214 Å². The van der Waals surface area contributed by atoms with E-state index >= 15 is 0 Å². The number of nitrogens with one attached hydrogen (secondary N) is 2. The molecule has 2 heterocycles. The molecule has 2 aromatic heterocycles. The minimum Gasteiger partial charge on any atom is -0.388 e. The SMILES string of the molecule is CC#CC/C=C(\C=C(/CC)n1cc(-c2cnccc2NC)cn1)NC(=O)Cc1cccc(C(F)(F)F)c1. The zero-order valence-corrected chi connectivity index (χ0v) is 20.9. The van der Waals surface area contributed by atoms with E-state index in [0.717, 1.165) is 34.6 Å². The van der Waals surface area contributed by atoms with Crippen LogP contribution in [0.1, 0.15) is 37.8 Å². The molecule has 0 bridgehead atoms. The highest BCUT2D eigenvalue weighted by molar-refractivity contribution is 5.81. The quantitative estimate of drug-likeness (QED) is 0.279. The van der Waals surface area contributed by atoms with Gasteiger partial charge in [0.25, 0.3) is 0 Å². The Morgan fingerprint density at radius 2 is 2.03 bits per heavy atom. The number of pyridine rings is 1. The first-order valence-electron chi connectivity index (χ1n) is 11.7. The number of hydrogen-bond donors (Lipinski definition) is 2. The average molecular weight is 508 g/mol. The monoisotopic (exact) mass is 507 g/mol. The van der Waals surface area contributed by atoms with Gasteiger partial charge in [0.05, 0.1) is 18.2 Å². The molecule has 3 aromatic rings. The van der Waals surface area contributed by atoms with Crippen LogP contribution in [0.5, 0.6) is 0 Å². The maximum Gasteiger partial charge on any atom is 0.416 e. The second-order valence-corrected chi connectivity index (χ2v) is 8.05. The Kier molecular flexibility index (Phi) is 9.27. The minimum atomic E-state index is -4.47. The molecule has 0 aliphatic carbocycles. The molecule has 0 aliphatic rings. The molecule has 0 atom stereocenters. The molecule has 1 aromatic carbocycles. The van der Waals surface area contributed by atoms with Crippen molar-refractivity contribution in [2.45, 2.75) is 39.3 Å². The molecule has 0 saturated carbocycles. The number of amides is 1. The van der Waals surface area contributed by atoms with Crippen molar-refractivity contribution in [2.75, 3.05) is 12.4 Å². The van der Waals surface area contributed by atoms with Gasteiger partial charge < -0.3 is 10.6 Å². The fraction of sp³-hybridized carbons (Fsp3) is 0.250.